The molecule has 0 spiro atoms. The maximum atomic E-state index is 13.2. The lowest BCUT2D eigenvalue weighted by Crippen LogP contribution is -2.36. The number of nitrogens with zero attached hydrogens (tertiary/aromatic N) is 2. The average Bonchev–Trinajstić information content (AvgIpc) is 3.41. The highest BCUT2D eigenvalue weighted by Gasteiger charge is 2.28. The van der Waals surface area contributed by atoms with Crippen molar-refractivity contribution >= 4 is 22.8 Å². The van der Waals surface area contributed by atoms with Gasteiger partial charge in [0.1, 0.15) is 0 Å². The Balaban J connectivity index is 1.99. The van der Waals surface area contributed by atoms with Gasteiger partial charge in [0.2, 0.25) is 0 Å². The smallest absolute Gasteiger partial charge is 0.305 e. The quantitative estimate of drug-likeness (QED) is 0.834. The first-order valence-electron chi connectivity index (χ1n) is 8.86. The molecule has 0 atom stereocenters. The minimum Gasteiger partial charge on any atom is -0.481 e. The van der Waals surface area contributed by atoms with Crippen LogP contribution in [0.5, 0.6) is 0 Å². The van der Waals surface area contributed by atoms with Crippen LogP contribution in [-0.2, 0) is 4.79 Å². The molecule has 0 aliphatic heterocycles. The van der Waals surface area contributed by atoms with E-state index in [0.29, 0.717) is 18.0 Å². The summed E-state index contributed by atoms with van der Waals surface area (Å²) in [6.07, 6.45) is 2.19. The fraction of sp³-hybridized carbons (Fsp3) is 0.450. The molecule has 0 bridgehead atoms. The van der Waals surface area contributed by atoms with Crippen LogP contribution in [0.1, 0.15) is 55.1 Å². The molecule has 25 heavy (non-hydrogen) atoms. The van der Waals surface area contributed by atoms with Crippen LogP contribution in [0.15, 0.2) is 30.3 Å². The number of hydrogen-bond acceptors (Lipinski definition) is 3. The van der Waals surface area contributed by atoms with Gasteiger partial charge in [0.15, 0.2) is 0 Å². The molecule has 1 amide bonds. The molecule has 0 unspecified atom stereocenters. The van der Waals surface area contributed by atoms with Crippen molar-refractivity contribution < 1.29 is 14.7 Å². The summed E-state index contributed by atoms with van der Waals surface area (Å²) in [6, 6.07) is 9.59. The standard InChI is InChI=1S/C20H24N2O3/c1-13(2)12-22(10-9-19(23)24)20(25)16-11-18(14-7-8-14)21-17-6-4-3-5-15(16)17/h3-6,11,13-14H,7-10,12H2,1-2H3,(H,23,24). The molecule has 1 heterocycles. The van der Waals surface area contributed by atoms with Crippen molar-refractivity contribution in [1.29, 1.82) is 0 Å². The Kier molecular flexibility index (Phi) is 5.02. The number of carboxylic acid groups (broad SMARTS) is 1. The maximum Gasteiger partial charge on any atom is 0.305 e. The molecule has 2 aromatic rings. The van der Waals surface area contributed by atoms with Crippen LogP contribution in [0.2, 0.25) is 0 Å². The van der Waals surface area contributed by atoms with Crippen LogP contribution in [-0.4, -0.2) is 40.0 Å². The van der Waals surface area contributed by atoms with Crippen molar-refractivity contribution in [2.45, 2.75) is 39.0 Å². The highest BCUT2D eigenvalue weighted by molar-refractivity contribution is 6.06. The van der Waals surface area contributed by atoms with Crippen LogP contribution in [0.4, 0.5) is 0 Å². The number of carbonyl (C=O) groups excluding carboxylic acids is 1. The summed E-state index contributed by atoms with van der Waals surface area (Å²) in [5.74, 6) is -0.266. The number of para-hydroxylation sites is 1. The molecule has 0 saturated heterocycles. The number of fused-ring (bicyclic) bond motifs is 1. The number of rotatable bonds is 7. The van der Waals surface area contributed by atoms with Crippen LogP contribution >= 0.6 is 0 Å². The van der Waals surface area contributed by atoms with Crippen LogP contribution in [0.3, 0.4) is 0 Å². The van der Waals surface area contributed by atoms with Crippen molar-refractivity contribution in [2.75, 3.05) is 13.1 Å². The van der Waals surface area contributed by atoms with E-state index in [4.69, 9.17) is 10.1 Å². The SMILES string of the molecule is CC(C)CN(CCC(=O)O)C(=O)c1cc(C2CC2)nc2ccccc12. The molecule has 3 rings (SSSR count). The maximum absolute atomic E-state index is 13.2. The number of carboxylic acids is 1. The monoisotopic (exact) mass is 340 g/mol. The first-order chi connectivity index (χ1) is 12.0. The topological polar surface area (TPSA) is 70.5 Å². The van der Waals surface area contributed by atoms with Crippen molar-refractivity contribution in [1.82, 2.24) is 9.88 Å². The Labute approximate surface area is 147 Å². The summed E-state index contributed by atoms with van der Waals surface area (Å²) >= 11 is 0. The second-order valence-corrected chi connectivity index (χ2v) is 7.17. The lowest BCUT2D eigenvalue weighted by atomic mass is 10.0. The third kappa shape index (κ3) is 4.16. The van der Waals surface area contributed by atoms with Gasteiger partial charge in [-0.2, -0.15) is 0 Å². The van der Waals surface area contributed by atoms with E-state index in [9.17, 15) is 9.59 Å². The van der Waals surface area contributed by atoms with Crippen molar-refractivity contribution in [3.05, 3.63) is 41.6 Å². The molecule has 1 aromatic heterocycles. The Morgan fingerprint density at radius 2 is 2.00 bits per heavy atom. The molecular weight excluding hydrogens is 316 g/mol. The summed E-state index contributed by atoms with van der Waals surface area (Å²) in [4.78, 5) is 30.5. The van der Waals surface area contributed by atoms with Gasteiger partial charge in [-0.05, 0) is 30.9 Å². The van der Waals surface area contributed by atoms with Gasteiger partial charge >= 0.3 is 5.97 Å². The lowest BCUT2D eigenvalue weighted by molar-refractivity contribution is -0.137. The van der Waals surface area contributed by atoms with Gasteiger partial charge in [0, 0.05) is 30.1 Å². The van der Waals surface area contributed by atoms with E-state index in [1.165, 1.54) is 0 Å². The number of hydrogen-bond donors (Lipinski definition) is 1. The third-order valence-corrected chi connectivity index (χ3v) is 4.43. The van der Waals surface area contributed by atoms with E-state index in [0.717, 1.165) is 29.4 Å². The van der Waals surface area contributed by atoms with E-state index < -0.39 is 5.97 Å². The largest absolute Gasteiger partial charge is 0.481 e. The molecule has 1 fully saturated rings. The van der Waals surface area contributed by atoms with E-state index in [2.05, 4.69) is 0 Å². The van der Waals surface area contributed by atoms with Crippen LogP contribution < -0.4 is 0 Å². The van der Waals surface area contributed by atoms with Gasteiger partial charge in [0.25, 0.3) is 5.91 Å². The van der Waals surface area contributed by atoms with Crippen LogP contribution in [0.25, 0.3) is 10.9 Å². The van der Waals surface area contributed by atoms with E-state index in [1.807, 2.05) is 44.2 Å². The van der Waals surface area contributed by atoms with Crippen LogP contribution in [0, 0.1) is 5.92 Å². The highest BCUT2D eigenvalue weighted by Crippen LogP contribution is 2.40. The molecule has 132 valence electrons. The Bertz CT molecular complexity index is 797. The highest BCUT2D eigenvalue weighted by atomic mass is 16.4. The van der Waals surface area contributed by atoms with Gasteiger partial charge in [-0.25, -0.2) is 0 Å². The predicted octanol–water partition coefficient (Wildman–Crippen LogP) is 3.69. The number of aliphatic carboxylic acids is 1. The molecule has 1 aliphatic carbocycles. The second-order valence-electron chi connectivity index (χ2n) is 7.17. The molecular formula is C20H24N2O3. The number of aromatic nitrogens is 1. The van der Waals surface area contributed by atoms with E-state index in [1.54, 1.807) is 4.90 Å². The summed E-state index contributed by atoms with van der Waals surface area (Å²) in [5, 5.41) is 9.83. The minimum atomic E-state index is -0.889. The van der Waals surface area contributed by atoms with Gasteiger partial charge < -0.3 is 10.0 Å². The first kappa shape index (κ1) is 17.4. The minimum absolute atomic E-state index is 0.0447. The molecule has 1 aromatic carbocycles. The zero-order valence-corrected chi connectivity index (χ0v) is 14.7. The van der Waals surface area contributed by atoms with Gasteiger partial charge in [0.05, 0.1) is 17.5 Å². The van der Waals surface area contributed by atoms with Gasteiger partial charge in [-0.1, -0.05) is 32.0 Å². The van der Waals surface area contributed by atoms with Gasteiger partial charge in [-0.3, -0.25) is 14.6 Å². The van der Waals surface area contributed by atoms with Crippen molar-refractivity contribution in [3.8, 4) is 0 Å². The normalized spacial score (nSPS) is 14.0. The summed E-state index contributed by atoms with van der Waals surface area (Å²) < 4.78 is 0. The second kappa shape index (κ2) is 7.21. The zero-order valence-electron chi connectivity index (χ0n) is 14.7. The lowest BCUT2D eigenvalue weighted by Gasteiger charge is -2.25. The fourth-order valence-electron chi connectivity index (χ4n) is 3.08. The summed E-state index contributed by atoms with van der Waals surface area (Å²) in [7, 11) is 0. The molecule has 1 N–H and O–H groups in total. The van der Waals surface area contributed by atoms with Crippen molar-refractivity contribution in [2.24, 2.45) is 5.92 Å². The number of benzene rings is 1. The average molecular weight is 340 g/mol. The Hall–Kier alpha value is -2.43. The molecule has 5 nitrogen and oxygen atoms in total. The van der Waals surface area contributed by atoms with Gasteiger partial charge in [-0.15, -0.1) is 0 Å². The molecule has 1 saturated carbocycles. The third-order valence-electron chi connectivity index (χ3n) is 4.43. The Morgan fingerprint density at radius 1 is 1.28 bits per heavy atom. The van der Waals surface area contributed by atoms with E-state index >= 15 is 0 Å². The first-order valence-corrected chi connectivity index (χ1v) is 8.86. The van der Waals surface area contributed by atoms with Crippen molar-refractivity contribution in [3.63, 3.8) is 0 Å². The molecule has 0 radical (unpaired) electrons. The zero-order chi connectivity index (χ0) is 18.0. The fourth-order valence-corrected chi connectivity index (χ4v) is 3.08. The summed E-state index contributed by atoms with van der Waals surface area (Å²) in [6.45, 7) is 4.83. The number of carbonyl (C=O) groups is 2. The Morgan fingerprint density at radius 3 is 2.64 bits per heavy atom. The summed E-state index contributed by atoms with van der Waals surface area (Å²) in [5.41, 5.74) is 2.45. The molecule has 1 aliphatic rings. The number of amides is 1. The number of pyridine rings is 1. The predicted molar refractivity (Wildman–Crippen MR) is 96.7 cm³/mol. The molecule has 5 heteroatoms. The van der Waals surface area contributed by atoms with E-state index in [-0.39, 0.29) is 24.8 Å².